The second-order valence-electron chi connectivity index (χ2n) is 7.60. The van der Waals surface area contributed by atoms with E-state index in [1.54, 1.807) is 0 Å². The van der Waals surface area contributed by atoms with Crippen LogP contribution in [0.2, 0.25) is 0 Å². The van der Waals surface area contributed by atoms with Gasteiger partial charge in [0.15, 0.2) is 5.96 Å². The lowest BCUT2D eigenvalue weighted by atomic mass is 10.2. The number of rotatable bonds is 8. The number of hydrogen-bond donors (Lipinski definition) is 2. The maximum absolute atomic E-state index is 5.96. The van der Waals surface area contributed by atoms with E-state index >= 15 is 0 Å². The first-order chi connectivity index (χ1) is 14.2. The third kappa shape index (κ3) is 6.39. The Hall–Kier alpha value is -2.73. The third-order valence-electron chi connectivity index (χ3n) is 5.09. The molecule has 1 aliphatic rings. The van der Waals surface area contributed by atoms with Crippen molar-refractivity contribution >= 4 is 11.6 Å². The van der Waals surface area contributed by atoms with Gasteiger partial charge >= 0.3 is 0 Å². The van der Waals surface area contributed by atoms with Gasteiger partial charge in [-0.15, -0.1) is 0 Å². The van der Waals surface area contributed by atoms with E-state index in [9.17, 15) is 0 Å². The van der Waals surface area contributed by atoms with Crippen molar-refractivity contribution in [2.45, 2.75) is 19.0 Å². The Balaban J connectivity index is 1.50. The molecule has 6 heteroatoms. The van der Waals surface area contributed by atoms with E-state index < -0.39 is 0 Å². The molecule has 0 bridgehead atoms. The lowest BCUT2D eigenvalue weighted by Crippen LogP contribution is -2.44. The molecule has 2 aromatic rings. The van der Waals surface area contributed by atoms with E-state index in [0.29, 0.717) is 19.2 Å². The van der Waals surface area contributed by atoms with Crippen molar-refractivity contribution in [3.8, 4) is 5.75 Å². The van der Waals surface area contributed by atoms with Gasteiger partial charge in [0.05, 0.1) is 0 Å². The van der Waals surface area contributed by atoms with Crippen molar-refractivity contribution in [1.82, 2.24) is 15.5 Å². The van der Waals surface area contributed by atoms with Crippen molar-refractivity contribution < 1.29 is 4.74 Å². The van der Waals surface area contributed by atoms with Gasteiger partial charge in [0.25, 0.3) is 0 Å². The van der Waals surface area contributed by atoms with E-state index in [0.717, 1.165) is 43.3 Å². The molecule has 6 nitrogen and oxygen atoms in total. The molecule has 0 amide bonds. The normalized spacial score (nSPS) is 16.9. The summed E-state index contributed by atoms with van der Waals surface area (Å²) in [6.45, 7) is 4.28. The molecule has 3 rings (SSSR count). The Morgan fingerprint density at radius 3 is 2.66 bits per heavy atom. The molecular weight excluding hydrogens is 362 g/mol. The number of likely N-dealkylation sites (N-methyl/N-ethyl adjacent to an activating group) is 1. The smallest absolute Gasteiger partial charge is 0.191 e. The summed E-state index contributed by atoms with van der Waals surface area (Å²) in [5, 5.41) is 7.00. The van der Waals surface area contributed by atoms with Crippen molar-refractivity contribution in [3.63, 3.8) is 0 Å². The zero-order valence-electron chi connectivity index (χ0n) is 17.8. The highest BCUT2D eigenvalue weighted by molar-refractivity contribution is 5.80. The average molecular weight is 396 g/mol. The summed E-state index contributed by atoms with van der Waals surface area (Å²) >= 11 is 0. The minimum atomic E-state index is 0.382. The molecule has 29 heavy (non-hydrogen) atoms. The second-order valence-corrected chi connectivity index (χ2v) is 7.60. The predicted molar refractivity (Wildman–Crippen MR) is 121 cm³/mol. The van der Waals surface area contributed by atoms with Gasteiger partial charge in [-0.2, -0.15) is 0 Å². The lowest BCUT2D eigenvalue weighted by Gasteiger charge is -2.21. The SMILES string of the molecule is CN=C(NCc1ccccc1OCCN(C)C)NC1CCN(c2ccccc2)C1. The fourth-order valence-corrected chi connectivity index (χ4v) is 3.45. The van der Waals surface area contributed by atoms with E-state index in [1.807, 2.05) is 25.2 Å². The highest BCUT2D eigenvalue weighted by Gasteiger charge is 2.23. The minimum Gasteiger partial charge on any atom is -0.492 e. The van der Waals surface area contributed by atoms with Crippen molar-refractivity contribution in [1.29, 1.82) is 0 Å². The summed E-state index contributed by atoms with van der Waals surface area (Å²) < 4.78 is 5.96. The summed E-state index contributed by atoms with van der Waals surface area (Å²) in [4.78, 5) is 8.94. The number of anilines is 1. The van der Waals surface area contributed by atoms with Crippen LogP contribution in [0, 0.1) is 0 Å². The predicted octanol–water partition coefficient (Wildman–Crippen LogP) is 2.57. The molecule has 1 atom stereocenters. The quantitative estimate of drug-likeness (QED) is 0.532. The van der Waals surface area contributed by atoms with E-state index in [2.05, 4.69) is 75.9 Å². The van der Waals surface area contributed by atoms with Gasteiger partial charge in [-0.05, 0) is 38.7 Å². The van der Waals surface area contributed by atoms with Crippen molar-refractivity contribution in [2.24, 2.45) is 4.99 Å². The molecule has 0 aliphatic carbocycles. The molecule has 0 aromatic heterocycles. The molecule has 0 saturated carbocycles. The molecule has 1 fully saturated rings. The molecule has 156 valence electrons. The number of guanidine groups is 1. The fraction of sp³-hybridized carbons (Fsp3) is 0.435. The van der Waals surface area contributed by atoms with Gasteiger partial charge in [0.2, 0.25) is 0 Å². The molecule has 1 aliphatic heterocycles. The number of benzene rings is 2. The average Bonchev–Trinajstić information content (AvgIpc) is 3.21. The lowest BCUT2D eigenvalue weighted by molar-refractivity contribution is 0.259. The minimum absolute atomic E-state index is 0.382. The van der Waals surface area contributed by atoms with E-state index in [4.69, 9.17) is 4.74 Å². The maximum atomic E-state index is 5.96. The summed E-state index contributed by atoms with van der Waals surface area (Å²) in [5.41, 5.74) is 2.41. The van der Waals surface area contributed by atoms with Gasteiger partial charge in [-0.3, -0.25) is 4.99 Å². The standard InChI is InChI=1S/C23H33N5O/c1-24-23(26-20-13-14-28(18-20)21-10-5-4-6-11-21)25-17-19-9-7-8-12-22(19)29-16-15-27(2)3/h4-12,20H,13-18H2,1-3H3,(H2,24,25,26). The van der Waals surface area contributed by atoms with Crippen LogP contribution in [0.1, 0.15) is 12.0 Å². The zero-order chi connectivity index (χ0) is 20.5. The van der Waals surface area contributed by atoms with Gasteiger partial charge in [0.1, 0.15) is 12.4 Å². The van der Waals surface area contributed by atoms with Crippen LogP contribution in [-0.2, 0) is 6.54 Å². The number of nitrogens with one attached hydrogen (secondary N) is 2. The van der Waals surface area contributed by atoms with E-state index in [1.165, 1.54) is 5.69 Å². The molecule has 1 saturated heterocycles. The fourth-order valence-electron chi connectivity index (χ4n) is 3.45. The Morgan fingerprint density at radius 2 is 1.90 bits per heavy atom. The van der Waals surface area contributed by atoms with Gasteiger partial charge in [0, 0.05) is 50.5 Å². The molecule has 1 heterocycles. The van der Waals surface area contributed by atoms with Crippen LogP contribution in [0.3, 0.4) is 0 Å². The van der Waals surface area contributed by atoms with Gasteiger partial charge in [-0.1, -0.05) is 36.4 Å². The van der Waals surface area contributed by atoms with Crippen LogP contribution >= 0.6 is 0 Å². The van der Waals surface area contributed by atoms with Crippen molar-refractivity contribution in [2.75, 3.05) is 52.3 Å². The Morgan fingerprint density at radius 1 is 1.14 bits per heavy atom. The number of ether oxygens (including phenoxy) is 1. The molecule has 0 radical (unpaired) electrons. The summed E-state index contributed by atoms with van der Waals surface area (Å²) in [6.07, 6.45) is 1.10. The number of para-hydroxylation sites is 2. The summed E-state index contributed by atoms with van der Waals surface area (Å²) in [5.74, 6) is 1.75. The monoisotopic (exact) mass is 395 g/mol. The van der Waals surface area contributed by atoms with Crippen LogP contribution < -0.4 is 20.3 Å². The Kier molecular flexibility index (Phi) is 7.76. The van der Waals surface area contributed by atoms with Crippen LogP contribution in [0.15, 0.2) is 59.6 Å². The van der Waals surface area contributed by atoms with Gasteiger partial charge in [-0.25, -0.2) is 0 Å². The van der Waals surface area contributed by atoms with E-state index in [-0.39, 0.29) is 0 Å². The zero-order valence-corrected chi connectivity index (χ0v) is 17.8. The highest BCUT2D eigenvalue weighted by atomic mass is 16.5. The maximum Gasteiger partial charge on any atom is 0.191 e. The van der Waals surface area contributed by atoms with Crippen LogP contribution in [-0.4, -0.2) is 64.3 Å². The second kappa shape index (κ2) is 10.7. The van der Waals surface area contributed by atoms with Gasteiger partial charge < -0.3 is 25.2 Å². The number of aliphatic imine (C=N–C) groups is 1. The number of nitrogens with zero attached hydrogens (tertiary/aromatic N) is 3. The Bertz CT molecular complexity index is 778. The molecule has 2 N–H and O–H groups in total. The largest absolute Gasteiger partial charge is 0.492 e. The molecular formula is C23H33N5O. The summed E-state index contributed by atoms with van der Waals surface area (Å²) in [6, 6.07) is 19.1. The van der Waals surface area contributed by atoms with Crippen molar-refractivity contribution in [3.05, 3.63) is 60.2 Å². The summed E-state index contributed by atoms with van der Waals surface area (Å²) in [7, 11) is 5.92. The topological polar surface area (TPSA) is 52.1 Å². The first-order valence-corrected chi connectivity index (χ1v) is 10.3. The Labute approximate surface area is 174 Å². The third-order valence-corrected chi connectivity index (χ3v) is 5.09. The van der Waals surface area contributed by atoms with Crippen LogP contribution in [0.25, 0.3) is 0 Å². The molecule has 0 spiro atoms. The van der Waals surface area contributed by atoms with Crippen LogP contribution in [0.4, 0.5) is 5.69 Å². The van der Waals surface area contributed by atoms with Crippen LogP contribution in [0.5, 0.6) is 5.75 Å². The first kappa shape index (κ1) is 21.0. The first-order valence-electron chi connectivity index (χ1n) is 10.3. The molecule has 2 aromatic carbocycles. The highest BCUT2D eigenvalue weighted by Crippen LogP contribution is 2.20. The molecule has 1 unspecified atom stereocenters. The number of hydrogen-bond acceptors (Lipinski definition) is 4.